The minimum absolute atomic E-state index is 0.228. The second kappa shape index (κ2) is 8.68. The van der Waals surface area contributed by atoms with E-state index in [0.717, 1.165) is 54.6 Å². The van der Waals surface area contributed by atoms with Gasteiger partial charge in [0.15, 0.2) is 0 Å². The summed E-state index contributed by atoms with van der Waals surface area (Å²) in [5.41, 5.74) is 6.97. The first kappa shape index (κ1) is 21.6. The fourth-order valence-electron chi connectivity index (χ4n) is 5.49. The van der Waals surface area contributed by atoms with Crippen molar-refractivity contribution in [3.05, 3.63) is 101 Å². The van der Waals surface area contributed by atoms with Gasteiger partial charge in [0.05, 0.1) is 11.7 Å². The molecule has 35 heavy (non-hydrogen) atoms. The third-order valence-corrected chi connectivity index (χ3v) is 7.46. The van der Waals surface area contributed by atoms with Crippen LogP contribution >= 0.6 is 0 Å². The van der Waals surface area contributed by atoms with Crippen LogP contribution in [0.1, 0.15) is 35.4 Å². The highest BCUT2D eigenvalue weighted by molar-refractivity contribution is 5.88. The summed E-state index contributed by atoms with van der Waals surface area (Å²) >= 11 is 0. The van der Waals surface area contributed by atoms with Crippen LogP contribution in [0.3, 0.4) is 0 Å². The first-order chi connectivity index (χ1) is 17.1. The molecule has 4 heterocycles. The molecular formula is C29H26FN5. The number of halogens is 1. The molecule has 6 rings (SSSR count). The van der Waals surface area contributed by atoms with E-state index in [-0.39, 0.29) is 5.82 Å². The highest BCUT2D eigenvalue weighted by Crippen LogP contribution is 2.36. The molecule has 3 aromatic heterocycles. The number of aromatic nitrogens is 3. The SMILES string of the molecule is [C-]#[N+]c1cc2c(C)c(CN3CCC(c4cn(-c5ccc(F)cc5)c5cnccc45)CC3)ccc2[nH]1. The van der Waals surface area contributed by atoms with E-state index in [1.807, 2.05) is 30.6 Å². The van der Waals surface area contributed by atoms with E-state index in [1.165, 1.54) is 34.2 Å². The van der Waals surface area contributed by atoms with Crippen LogP contribution in [0.4, 0.5) is 10.2 Å². The van der Waals surface area contributed by atoms with Gasteiger partial charge < -0.3 is 14.4 Å². The molecule has 2 aromatic carbocycles. The third kappa shape index (κ3) is 3.88. The van der Waals surface area contributed by atoms with E-state index in [9.17, 15) is 4.39 Å². The van der Waals surface area contributed by atoms with Gasteiger partial charge >= 0.3 is 0 Å². The Morgan fingerprint density at radius 1 is 1.09 bits per heavy atom. The number of rotatable bonds is 4. The van der Waals surface area contributed by atoms with Gasteiger partial charge in [0, 0.05) is 35.4 Å². The molecule has 6 heteroatoms. The summed E-state index contributed by atoms with van der Waals surface area (Å²) in [6, 6.07) is 15.0. The topological polar surface area (TPSA) is 41.2 Å². The zero-order valence-corrected chi connectivity index (χ0v) is 19.6. The summed E-state index contributed by atoms with van der Waals surface area (Å²) in [5.74, 6) is 0.844. The highest BCUT2D eigenvalue weighted by Gasteiger charge is 2.25. The lowest BCUT2D eigenvalue weighted by Crippen LogP contribution is -2.32. The highest BCUT2D eigenvalue weighted by atomic mass is 19.1. The van der Waals surface area contributed by atoms with Crippen molar-refractivity contribution >= 4 is 27.6 Å². The number of piperidine rings is 1. The van der Waals surface area contributed by atoms with Crippen LogP contribution in [-0.2, 0) is 6.54 Å². The van der Waals surface area contributed by atoms with Gasteiger partial charge in [0.1, 0.15) is 11.3 Å². The number of aromatic amines is 1. The summed E-state index contributed by atoms with van der Waals surface area (Å²) in [7, 11) is 0. The average molecular weight is 464 g/mol. The molecule has 0 bridgehead atoms. The van der Waals surface area contributed by atoms with Gasteiger partial charge in [0.25, 0.3) is 0 Å². The van der Waals surface area contributed by atoms with Crippen LogP contribution in [-0.4, -0.2) is 32.5 Å². The number of benzene rings is 2. The van der Waals surface area contributed by atoms with Crippen LogP contribution in [0.25, 0.3) is 32.3 Å². The molecule has 0 spiro atoms. The van der Waals surface area contributed by atoms with Crippen molar-refractivity contribution in [1.29, 1.82) is 0 Å². The van der Waals surface area contributed by atoms with Gasteiger partial charge in [0.2, 0.25) is 5.82 Å². The lowest BCUT2D eigenvalue weighted by atomic mass is 9.89. The Labute approximate surface area is 203 Å². The molecule has 1 aliphatic rings. The van der Waals surface area contributed by atoms with Crippen molar-refractivity contribution in [3.8, 4) is 5.69 Å². The Bertz CT molecular complexity index is 1560. The summed E-state index contributed by atoms with van der Waals surface area (Å²) in [6.07, 6.45) is 8.17. The van der Waals surface area contributed by atoms with Gasteiger partial charge in [-0.05, 0) is 97.9 Å². The second-order valence-electron chi connectivity index (χ2n) is 9.45. The minimum Gasteiger partial charge on any atom is -0.364 e. The number of hydrogen-bond acceptors (Lipinski definition) is 2. The first-order valence-electron chi connectivity index (χ1n) is 12.0. The minimum atomic E-state index is -0.228. The number of nitrogens with zero attached hydrogens (tertiary/aromatic N) is 4. The third-order valence-electron chi connectivity index (χ3n) is 7.46. The Morgan fingerprint density at radius 3 is 2.66 bits per heavy atom. The smallest absolute Gasteiger partial charge is 0.229 e. The molecule has 1 fully saturated rings. The van der Waals surface area contributed by atoms with Gasteiger partial charge in [-0.1, -0.05) is 12.6 Å². The normalized spacial score (nSPS) is 15.1. The van der Waals surface area contributed by atoms with E-state index in [2.05, 4.69) is 55.6 Å². The molecule has 0 aliphatic carbocycles. The van der Waals surface area contributed by atoms with E-state index in [0.29, 0.717) is 11.7 Å². The standard InChI is InChI=1S/C29H26FN5/c1-19-21(3-8-27-25(19)15-29(31-2)33-27)17-34-13-10-20(11-14-34)26-18-35(23-6-4-22(30)5-7-23)28-16-32-12-9-24(26)28/h3-9,12,15-16,18,20,33H,10-11,13-14,17H2,1H3. The van der Waals surface area contributed by atoms with Crippen molar-refractivity contribution in [2.45, 2.75) is 32.2 Å². The number of fused-ring (bicyclic) bond motifs is 2. The zero-order valence-electron chi connectivity index (χ0n) is 19.6. The molecule has 0 saturated carbocycles. The zero-order chi connectivity index (χ0) is 23.9. The number of nitrogens with one attached hydrogen (secondary N) is 1. The number of hydrogen-bond donors (Lipinski definition) is 1. The van der Waals surface area contributed by atoms with E-state index < -0.39 is 0 Å². The monoisotopic (exact) mass is 463 g/mol. The Hall–Kier alpha value is -3.95. The maximum Gasteiger partial charge on any atom is 0.229 e. The number of likely N-dealkylation sites (tertiary alicyclic amines) is 1. The lowest BCUT2D eigenvalue weighted by Gasteiger charge is -2.32. The first-order valence-corrected chi connectivity index (χ1v) is 12.0. The van der Waals surface area contributed by atoms with E-state index in [1.54, 1.807) is 0 Å². The van der Waals surface area contributed by atoms with Crippen molar-refractivity contribution in [3.63, 3.8) is 0 Å². The molecule has 0 atom stereocenters. The maximum atomic E-state index is 13.5. The van der Waals surface area contributed by atoms with Crippen LogP contribution in [0.5, 0.6) is 0 Å². The van der Waals surface area contributed by atoms with Crippen LogP contribution in [0.15, 0.2) is 67.1 Å². The molecule has 1 saturated heterocycles. The van der Waals surface area contributed by atoms with Crippen LogP contribution in [0, 0.1) is 19.3 Å². The molecule has 5 aromatic rings. The van der Waals surface area contributed by atoms with Gasteiger partial charge in [-0.3, -0.25) is 9.88 Å². The largest absolute Gasteiger partial charge is 0.364 e. The quantitative estimate of drug-likeness (QED) is 0.295. The van der Waals surface area contributed by atoms with Crippen molar-refractivity contribution < 1.29 is 4.39 Å². The predicted molar refractivity (Wildman–Crippen MR) is 138 cm³/mol. The fourth-order valence-corrected chi connectivity index (χ4v) is 5.49. The Morgan fingerprint density at radius 2 is 1.89 bits per heavy atom. The summed E-state index contributed by atoms with van der Waals surface area (Å²) < 4.78 is 15.6. The molecule has 5 nitrogen and oxygen atoms in total. The van der Waals surface area contributed by atoms with E-state index in [4.69, 9.17) is 6.57 Å². The molecule has 0 amide bonds. The van der Waals surface area contributed by atoms with Crippen molar-refractivity contribution in [1.82, 2.24) is 19.4 Å². The Kier molecular flexibility index (Phi) is 5.35. The maximum absolute atomic E-state index is 13.5. The summed E-state index contributed by atoms with van der Waals surface area (Å²) in [4.78, 5) is 13.6. The van der Waals surface area contributed by atoms with Crippen LogP contribution < -0.4 is 0 Å². The number of H-pyrrole nitrogens is 1. The predicted octanol–water partition coefficient (Wildman–Crippen LogP) is 6.88. The van der Waals surface area contributed by atoms with Crippen molar-refractivity contribution in [2.75, 3.05) is 13.1 Å². The number of aryl methyl sites for hydroxylation is 1. The van der Waals surface area contributed by atoms with Gasteiger partial charge in [-0.15, -0.1) is 0 Å². The lowest BCUT2D eigenvalue weighted by molar-refractivity contribution is 0.205. The molecular weight excluding hydrogens is 437 g/mol. The Balaban J connectivity index is 1.22. The fraction of sp³-hybridized carbons (Fsp3) is 0.241. The van der Waals surface area contributed by atoms with Gasteiger partial charge in [-0.2, -0.15) is 0 Å². The molecule has 1 aliphatic heterocycles. The molecule has 0 radical (unpaired) electrons. The summed E-state index contributed by atoms with van der Waals surface area (Å²) in [5, 5.41) is 2.37. The van der Waals surface area contributed by atoms with Gasteiger partial charge in [-0.25, -0.2) is 4.39 Å². The molecule has 0 unspecified atom stereocenters. The second-order valence-corrected chi connectivity index (χ2v) is 9.45. The number of pyridine rings is 1. The molecule has 1 N–H and O–H groups in total. The molecule has 174 valence electrons. The van der Waals surface area contributed by atoms with E-state index >= 15 is 0 Å². The average Bonchev–Trinajstić information content (AvgIpc) is 3.49. The summed E-state index contributed by atoms with van der Waals surface area (Å²) in [6.45, 7) is 12.4. The van der Waals surface area contributed by atoms with Crippen molar-refractivity contribution in [2.24, 2.45) is 0 Å². The van der Waals surface area contributed by atoms with Crippen LogP contribution in [0.2, 0.25) is 0 Å².